The number of para-hydroxylation sites is 1. The van der Waals surface area contributed by atoms with Gasteiger partial charge in [-0.1, -0.05) is 18.2 Å². The maximum absolute atomic E-state index is 13.8. The van der Waals surface area contributed by atoms with Crippen LogP contribution in [0.15, 0.2) is 46.6 Å². The third-order valence-corrected chi connectivity index (χ3v) is 5.89. The van der Waals surface area contributed by atoms with Crippen molar-refractivity contribution in [3.05, 3.63) is 69.0 Å². The number of carbonyl (C=O) groups is 2. The topological polar surface area (TPSA) is 113 Å². The Bertz CT molecular complexity index is 1200. The minimum absolute atomic E-state index is 0.0330. The Balaban J connectivity index is 2.17. The minimum atomic E-state index is -1.78. The lowest BCUT2D eigenvalue weighted by atomic mass is 9.68. The summed E-state index contributed by atoms with van der Waals surface area (Å²) in [5.74, 6) is -1.46. The molecule has 31 heavy (non-hydrogen) atoms. The summed E-state index contributed by atoms with van der Waals surface area (Å²) in [5, 5.41) is 0. The van der Waals surface area contributed by atoms with Gasteiger partial charge in [0.15, 0.2) is 0 Å². The standard InChI is InChI=1S/C22H23N3O6/c1-12-11-15-16(19(26)25(12)9-10-29-3)22(17(18(23)31-15)20(27)30-4)13-7-5-6-8-14(13)24(2)21(22)28/h5-8,11H,9-10,23H2,1-4H3/t22-/m1/s1. The van der Waals surface area contributed by atoms with Crippen molar-refractivity contribution in [2.45, 2.75) is 18.9 Å². The van der Waals surface area contributed by atoms with E-state index in [1.807, 2.05) is 0 Å². The first-order valence-corrected chi connectivity index (χ1v) is 9.68. The summed E-state index contributed by atoms with van der Waals surface area (Å²) in [4.78, 5) is 41.9. The van der Waals surface area contributed by atoms with Crippen LogP contribution in [0.5, 0.6) is 5.75 Å². The SMILES string of the molecule is COCCn1c(C)cc2c(c1=O)[C@@]1(C(=O)N(C)c3ccccc31)C(C(=O)OC)=C(N)O2. The molecule has 2 N–H and O–H groups in total. The second kappa shape index (κ2) is 7.28. The Morgan fingerprint density at radius 1 is 1.23 bits per heavy atom. The molecular weight excluding hydrogens is 402 g/mol. The van der Waals surface area contributed by atoms with Crippen LogP contribution in [0.4, 0.5) is 5.69 Å². The van der Waals surface area contributed by atoms with Crippen molar-refractivity contribution in [3.63, 3.8) is 0 Å². The number of aromatic nitrogens is 1. The quantitative estimate of drug-likeness (QED) is 0.721. The maximum Gasteiger partial charge on any atom is 0.340 e. The fourth-order valence-corrected chi connectivity index (χ4v) is 4.50. The van der Waals surface area contributed by atoms with Gasteiger partial charge < -0.3 is 29.4 Å². The van der Waals surface area contributed by atoms with Gasteiger partial charge in [0.1, 0.15) is 16.7 Å². The van der Waals surface area contributed by atoms with E-state index < -0.39 is 22.9 Å². The summed E-state index contributed by atoms with van der Waals surface area (Å²) in [6, 6.07) is 8.62. The van der Waals surface area contributed by atoms with E-state index in [1.165, 1.54) is 23.7 Å². The minimum Gasteiger partial charge on any atom is -0.465 e. The second-order valence-corrected chi connectivity index (χ2v) is 7.44. The third kappa shape index (κ3) is 2.63. The number of carbonyl (C=O) groups excluding carboxylic acids is 2. The van der Waals surface area contributed by atoms with Gasteiger partial charge in [0.2, 0.25) is 11.8 Å². The average molecular weight is 425 g/mol. The number of methoxy groups -OCH3 is 2. The normalized spacial score (nSPS) is 19.4. The summed E-state index contributed by atoms with van der Waals surface area (Å²) in [7, 11) is 4.31. The van der Waals surface area contributed by atoms with Crippen LogP contribution in [0.1, 0.15) is 16.8 Å². The van der Waals surface area contributed by atoms with Crippen LogP contribution in [0.2, 0.25) is 0 Å². The number of rotatable bonds is 4. The zero-order valence-corrected chi connectivity index (χ0v) is 17.7. The van der Waals surface area contributed by atoms with Crippen molar-refractivity contribution < 1.29 is 23.8 Å². The summed E-state index contributed by atoms with van der Waals surface area (Å²) in [6.07, 6.45) is 0. The number of nitrogens with two attached hydrogens (primary N) is 1. The molecule has 4 rings (SSSR count). The lowest BCUT2D eigenvalue weighted by Gasteiger charge is -2.35. The van der Waals surface area contributed by atoms with Gasteiger partial charge >= 0.3 is 5.97 Å². The molecule has 1 spiro atoms. The number of likely N-dealkylation sites (N-methyl/N-ethyl adjacent to an activating group) is 1. The predicted octanol–water partition coefficient (Wildman–Crippen LogP) is 0.801. The molecule has 9 heteroatoms. The smallest absolute Gasteiger partial charge is 0.340 e. The molecule has 1 aromatic heterocycles. The third-order valence-electron chi connectivity index (χ3n) is 5.89. The second-order valence-electron chi connectivity index (χ2n) is 7.44. The molecule has 0 fully saturated rings. The first-order chi connectivity index (χ1) is 14.8. The highest BCUT2D eigenvalue weighted by Gasteiger charge is 2.61. The Morgan fingerprint density at radius 3 is 2.61 bits per heavy atom. The molecule has 1 amide bonds. The number of hydrogen-bond acceptors (Lipinski definition) is 7. The molecule has 2 aliphatic heterocycles. The van der Waals surface area contributed by atoms with Crippen LogP contribution in [0.3, 0.4) is 0 Å². The van der Waals surface area contributed by atoms with E-state index in [0.717, 1.165) is 0 Å². The summed E-state index contributed by atoms with van der Waals surface area (Å²) >= 11 is 0. The molecule has 0 radical (unpaired) electrons. The van der Waals surface area contributed by atoms with Crippen LogP contribution in [-0.4, -0.2) is 44.3 Å². The molecule has 1 atom stereocenters. The zero-order chi connectivity index (χ0) is 22.5. The highest BCUT2D eigenvalue weighted by atomic mass is 16.5. The van der Waals surface area contributed by atoms with Gasteiger partial charge in [-0.25, -0.2) is 4.79 Å². The van der Waals surface area contributed by atoms with Crippen LogP contribution >= 0.6 is 0 Å². The Labute approximate surface area is 178 Å². The number of aryl methyl sites for hydroxylation is 1. The molecular formula is C22H23N3O6. The predicted molar refractivity (Wildman–Crippen MR) is 112 cm³/mol. The molecule has 0 bridgehead atoms. The number of esters is 1. The molecule has 3 heterocycles. The summed E-state index contributed by atoms with van der Waals surface area (Å²) in [5.41, 5.74) is 5.40. The number of pyridine rings is 1. The fourth-order valence-electron chi connectivity index (χ4n) is 4.50. The van der Waals surface area contributed by atoms with Crippen LogP contribution in [-0.2, 0) is 31.0 Å². The van der Waals surface area contributed by atoms with Crippen molar-refractivity contribution in [1.82, 2.24) is 4.57 Å². The number of benzene rings is 1. The van der Waals surface area contributed by atoms with Gasteiger partial charge in [0, 0.05) is 43.7 Å². The molecule has 162 valence electrons. The van der Waals surface area contributed by atoms with Gasteiger partial charge in [-0.05, 0) is 13.0 Å². The van der Waals surface area contributed by atoms with E-state index in [-0.39, 0.29) is 29.3 Å². The summed E-state index contributed by atoms with van der Waals surface area (Å²) in [6.45, 7) is 2.31. The first kappa shape index (κ1) is 20.7. The van der Waals surface area contributed by atoms with Crippen LogP contribution < -0.4 is 20.9 Å². The van der Waals surface area contributed by atoms with E-state index >= 15 is 0 Å². The van der Waals surface area contributed by atoms with Crippen LogP contribution in [0.25, 0.3) is 0 Å². The molecule has 0 aliphatic carbocycles. The fraction of sp³-hybridized carbons (Fsp3) is 0.318. The number of ether oxygens (including phenoxy) is 3. The molecule has 0 saturated carbocycles. The Hall–Kier alpha value is -3.59. The van der Waals surface area contributed by atoms with Gasteiger partial charge in [-0.15, -0.1) is 0 Å². The Kier molecular flexibility index (Phi) is 4.85. The van der Waals surface area contributed by atoms with Gasteiger partial charge in [-0.2, -0.15) is 0 Å². The number of hydrogen-bond donors (Lipinski definition) is 1. The van der Waals surface area contributed by atoms with Crippen molar-refractivity contribution in [2.75, 3.05) is 32.8 Å². The van der Waals surface area contributed by atoms with Crippen molar-refractivity contribution in [1.29, 1.82) is 0 Å². The van der Waals surface area contributed by atoms with Gasteiger partial charge in [0.25, 0.3) is 5.56 Å². The molecule has 9 nitrogen and oxygen atoms in total. The van der Waals surface area contributed by atoms with Crippen molar-refractivity contribution in [2.24, 2.45) is 5.73 Å². The lowest BCUT2D eigenvalue weighted by Crippen LogP contribution is -2.51. The molecule has 2 aliphatic rings. The first-order valence-electron chi connectivity index (χ1n) is 9.68. The number of amides is 1. The Morgan fingerprint density at radius 2 is 1.94 bits per heavy atom. The van der Waals surface area contributed by atoms with Crippen LogP contribution in [0, 0.1) is 6.92 Å². The van der Waals surface area contributed by atoms with E-state index in [2.05, 4.69) is 0 Å². The van der Waals surface area contributed by atoms with E-state index in [4.69, 9.17) is 19.9 Å². The maximum atomic E-state index is 13.8. The van der Waals surface area contributed by atoms with Crippen molar-refractivity contribution in [3.8, 4) is 5.75 Å². The highest BCUT2D eigenvalue weighted by Crippen LogP contribution is 2.54. The monoisotopic (exact) mass is 425 g/mol. The number of nitrogens with zero attached hydrogens (tertiary/aromatic N) is 2. The van der Waals surface area contributed by atoms with Gasteiger partial charge in [0.05, 0.1) is 19.3 Å². The highest BCUT2D eigenvalue weighted by molar-refractivity contribution is 6.18. The lowest BCUT2D eigenvalue weighted by molar-refractivity contribution is -0.138. The van der Waals surface area contributed by atoms with Crippen molar-refractivity contribution >= 4 is 17.6 Å². The number of anilines is 1. The average Bonchev–Trinajstić information content (AvgIpc) is 2.96. The van der Waals surface area contributed by atoms with E-state index in [1.54, 1.807) is 44.3 Å². The largest absolute Gasteiger partial charge is 0.465 e. The summed E-state index contributed by atoms with van der Waals surface area (Å²) < 4.78 is 17.3. The zero-order valence-electron chi connectivity index (χ0n) is 17.7. The molecule has 0 unspecified atom stereocenters. The molecule has 0 saturated heterocycles. The number of fused-ring (bicyclic) bond motifs is 4. The van der Waals surface area contributed by atoms with E-state index in [9.17, 15) is 14.4 Å². The van der Waals surface area contributed by atoms with E-state index in [0.29, 0.717) is 23.6 Å². The molecule has 1 aromatic carbocycles. The molecule has 2 aromatic rings. The van der Waals surface area contributed by atoms with Gasteiger partial charge in [-0.3, -0.25) is 9.59 Å².